The molecule has 100 valence electrons. The van der Waals surface area contributed by atoms with E-state index in [0.29, 0.717) is 6.04 Å². The fraction of sp³-hybridized carbons (Fsp3) is 0.571. The van der Waals surface area contributed by atoms with E-state index in [1.54, 1.807) is 7.11 Å². The topological polar surface area (TPSA) is 42.5 Å². The van der Waals surface area contributed by atoms with Crippen LogP contribution >= 0.6 is 0 Å². The Morgan fingerprint density at radius 2 is 2.22 bits per heavy atom. The van der Waals surface area contributed by atoms with E-state index in [1.807, 2.05) is 26.0 Å². The molecular formula is C14H22N2O2. The lowest BCUT2D eigenvalue weighted by Gasteiger charge is -2.30. The van der Waals surface area contributed by atoms with E-state index in [1.165, 1.54) is 0 Å². The first kappa shape index (κ1) is 13.0. The van der Waals surface area contributed by atoms with Gasteiger partial charge in [0, 0.05) is 26.3 Å². The van der Waals surface area contributed by atoms with Gasteiger partial charge in [0.25, 0.3) is 0 Å². The number of nitrogens with one attached hydrogen (secondary N) is 2. The average Bonchev–Trinajstić information content (AvgIpc) is 2.35. The molecule has 4 heteroatoms. The van der Waals surface area contributed by atoms with Gasteiger partial charge in [-0.15, -0.1) is 0 Å². The second-order valence-corrected chi connectivity index (χ2v) is 4.85. The maximum absolute atomic E-state index is 5.80. The molecule has 2 rings (SSSR count). The highest BCUT2D eigenvalue weighted by molar-refractivity contribution is 5.77. The number of benzene rings is 1. The Hall–Kier alpha value is -1.42. The van der Waals surface area contributed by atoms with Crippen LogP contribution in [0.15, 0.2) is 18.2 Å². The van der Waals surface area contributed by atoms with Gasteiger partial charge in [-0.25, -0.2) is 0 Å². The van der Waals surface area contributed by atoms with E-state index in [2.05, 4.69) is 16.7 Å². The molecule has 18 heavy (non-hydrogen) atoms. The fourth-order valence-corrected chi connectivity index (χ4v) is 2.12. The lowest BCUT2D eigenvalue weighted by Crippen LogP contribution is -2.34. The van der Waals surface area contributed by atoms with E-state index < -0.39 is 0 Å². The number of hydrogen-bond acceptors (Lipinski definition) is 4. The minimum absolute atomic E-state index is 0.185. The predicted octanol–water partition coefficient (Wildman–Crippen LogP) is 2.72. The van der Waals surface area contributed by atoms with Crippen LogP contribution in [-0.4, -0.2) is 32.4 Å². The van der Waals surface area contributed by atoms with Crippen molar-refractivity contribution in [2.75, 3.05) is 30.9 Å². The number of ether oxygens (including phenoxy) is 2. The van der Waals surface area contributed by atoms with Crippen molar-refractivity contribution in [1.82, 2.24) is 0 Å². The van der Waals surface area contributed by atoms with Crippen LogP contribution in [0.3, 0.4) is 0 Å². The Balaban J connectivity index is 2.09. The van der Waals surface area contributed by atoms with Gasteiger partial charge in [-0.1, -0.05) is 6.07 Å². The smallest absolute Gasteiger partial charge is 0.144 e. The zero-order chi connectivity index (χ0) is 13.0. The zero-order valence-electron chi connectivity index (χ0n) is 11.3. The van der Waals surface area contributed by atoms with Crippen LogP contribution in [0.25, 0.3) is 0 Å². The lowest BCUT2D eigenvalue weighted by molar-refractivity contribution is 0.190. The van der Waals surface area contributed by atoms with Gasteiger partial charge in [-0.2, -0.15) is 0 Å². The normalized spacial score (nSPS) is 17.9. The average molecular weight is 250 g/mol. The highest BCUT2D eigenvalue weighted by Gasteiger charge is 2.20. The monoisotopic (exact) mass is 250 g/mol. The second-order valence-electron chi connectivity index (χ2n) is 4.85. The van der Waals surface area contributed by atoms with Crippen LogP contribution in [0, 0.1) is 0 Å². The molecule has 2 N–H and O–H groups in total. The van der Waals surface area contributed by atoms with Crippen LogP contribution in [0.2, 0.25) is 0 Å². The van der Waals surface area contributed by atoms with Crippen molar-refractivity contribution in [3.63, 3.8) is 0 Å². The molecule has 1 aliphatic heterocycles. The molecular weight excluding hydrogens is 228 g/mol. The Labute approximate surface area is 109 Å². The quantitative estimate of drug-likeness (QED) is 0.843. The molecule has 4 nitrogen and oxygen atoms in total. The number of methoxy groups -OCH3 is 1. The van der Waals surface area contributed by atoms with E-state index in [-0.39, 0.29) is 6.10 Å². The highest BCUT2D eigenvalue weighted by Crippen LogP contribution is 2.36. The molecule has 1 aliphatic rings. The number of anilines is 2. The van der Waals surface area contributed by atoms with Gasteiger partial charge in [0.1, 0.15) is 11.4 Å². The maximum atomic E-state index is 5.80. The van der Waals surface area contributed by atoms with Crippen molar-refractivity contribution in [3.05, 3.63) is 18.2 Å². The first-order chi connectivity index (χ1) is 8.70. The molecule has 0 fully saturated rings. The maximum Gasteiger partial charge on any atom is 0.144 e. The summed E-state index contributed by atoms with van der Waals surface area (Å²) in [6.07, 6.45) is 1.18. The van der Waals surface area contributed by atoms with E-state index in [0.717, 1.165) is 36.7 Å². The summed E-state index contributed by atoms with van der Waals surface area (Å²) in [5.41, 5.74) is 2.18. The van der Waals surface area contributed by atoms with Gasteiger partial charge in [0.05, 0.1) is 11.8 Å². The van der Waals surface area contributed by atoms with Crippen molar-refractivity contribution < 1.29 is 9.47 Å². The van der Waals surface area contributed by atoms with Crippen LogP contribution in [0.5, 0.6) is 5.75 Å². The Bertz CT molecular complexity index is 393. The van der Waals surface area contributed by atoms with Crippen molar-refractivity contribution in [2.24, 2.45) is 0 Å². The first-order valence-corrected chi connectivity index (χ1v) is 6.49. The molecule has 0 bridgehead atoms. The Morgan fingerprint density at radius 1 is 1.39 bits per heavy atom. The summed E-state index contributed by atoms with van der Waals surface area (Å²) in [5, 5.41) is 6.98. The molecule has 1 heterocycles. The minimum Gasteiger partial charge on any atom is -0.489 e. The molecule has 1 aromatic rings. The molecule has 0 radical (unpaired) electrons. The fourth-order valence-electron chi connectivity index (χ4n) is 2.12. The Morgan fingerprint density at radius 3 is 2.94 bits per heavy atom. The van der Waals surface area contributed by atoms with Crippen molar-refractivity contribution in [3.8, 4) is 5.75 Å². The number of hydrogen-bond donors (Lipinski definition) is 2. The molecule has 0 aliphatic carbocycles. The Kier molecular flexibility index (Phi) is 4.31. The third-order valence-electron chi connectivity index (χ3n) is 2.94. The molecule has 0 saturated carbocycles. The van der Waals surface area contributed by atoms with Gasteiger partial charge in [-0.05, 0) is 32.4 Å². The van der Waals surface area contributed by atoms with Crippen LogP contribution in [-0.2, 0) is 4.74 Å². The van der Waals surface area contributed by atoms with Crippen LogP contribution in [0.1, 0.15) is 20.3 Å². The van der Waals surface area contributed by atoms with Crippen molar-refractivity contribution in [2.45, 2.75) is 32.4 Å². The zero-order valence-corrected chi connectivity index (χ0v) is 11.3. The molecule has 0 spiro atoms. The molecule has 1 atom stereocenters. The molecule has 0 amide bonds. The van der Waals surface area contributed by atoms with E-state index in [9.17, 15) is 0 Å². The summed E-state index contributed by atoms with van der Waals surface area (Å²) >= 11 is 0. The summed E-state index contributed by atoms with van der Waals surface area (Å²) in [5.74, 6) is 0.917. The summed E-state index contributed by atoms with van der Waals surface area (Å²) in [4.78, 5) is 0. The summed E-state index contributed by atoms with van der Waals surface area (Å²) < 4.78 is 10.9. The molecule has 1 aromatic carbocycles. The molecule has 0 aromatic heterocycles. The first-order valence-electron chi connectivity index (χ1n) is 6.49. The van der Waals surface area contributed by atoms with E-state index in [4.69, 9.17) is 9.47 Å². The standard InChI is InChI=1S/C14H22N2O2/c1-10(2)18-13-6-4-5-12-14(13)15-9-11(16-12)7-8-17-3/h4-6,10-11,15-16H,7-9H2,1-3H3. The number of para-hydroxylation sites is 1. The van der Waals surface area contributed by atoms with Gasteiger partial charge in [-0.3, -0.25) is 0 Å². The number of fused-ring (bicyclic) bond motifs is 1. The minimum atomic E-state index is 0.185. The highest BCUT2D eigenvalue weighted by atomic mass is 16.5. The predicted molar refractivity (Wildman–Crippen MR) is 74.6 cm³/mol. The van der Waals surface area contributed by atoms with Gasteiger partial charge in [0.2, 0.25) is 0 Å². The van der Waals surface area contributed by atoms with Crippen molar-refractivity contribution in [1.29, 1.82) is 0 Å². The summed E-state index contributed by atoms with van der Waals surface area (Å²) in [7, 11) is 1.73. The third kappa shape index (κ3) is 3.07. The van der Waals surface area contributed by atoms with Gasteiger partial charge < -0.3 is 20.1 Å². The summed E-state index contributed by atoms with van der Waals surface area (Å²) in [6.45, 7) is 5.75. The van der Waals surface area contributed by atoms with Gasteiger partial charge in [0.15, 0.2) is 0 Å². The van der Waals surface area contributed by atoms with Crippen molar-refractivity contribution >= 4 is 11.4 Å². The third-order valence-corrected chi connectivity index (χ3v) is 2.94. The molecule has 1 unspecified atom stereocenters. The number of rotatable bonds is 5. The second kappa shape index (κ2) is 5.96. The van der Waals surface area contributed by atoms with E-state index >= 15 is 0 Å². The molecule has 0 saturated heterocycles. The largest absolute Gasteiger partial charge is 0.489 e. The van der Waals surface area contributed by atoms with Gasteiger partial charge >= 0.3 is 0 Å². The lowest BCUT2D eigenvalue weighted by atomic mass is 10.1. The van der Waals surface area contributed by atoms with Crippen LogP contribution in [0.4, 0.5) is 11.4 Å². The van der Waals surface area contributed by atoms with Crippen LogP contribution < -0.4 is 15.4 Å². The summed E-state index contributed by atoms with van der Waals surface area (Å²) in [6, 6.07) is 6.51. The SMILES string of the molecule is COCCC1CNc2c(cccc2OC(C)C)N1.